The monoisotopic (exact) mass is 373 g/mol. The smallest absolute Gasteiger partial charge is 0.255 e. The zero-order valence-electron chi connectivity index (χ0n) is 15.0. The van der Waals surface area contributed by atoms with Gasteiger partial charge < -0.3 is 9.73 Å². The molecule has 4 nitrogen and oxygen atoms in total. The maximum absolute atomic E-state index is 13.9. The van der Waals surface area contributed by atoms with Gasteiger partial charge in [-0.05, 0) is 42.8 Å². The van der Waals surface area contributed by atoms with Crippen molar-refractivity contribution in [2.75, 3.05) is 5.32 Å². The van der Waals surface area contributed by atoms with Gasteiger partial charge in [0.2, 0.25) is 5.78 Å². The third-order valence-electron chi connectivity index (χ3n) is 4.51. The Labute approximate surface area is 160 Å². The molecule has 1 N–H and O–H groups in total. The predicted molar refractivity (Wildman–Crippen MR) is 105 cm³/mol. The minimum absolute atomic E-state index is 0.0336. The Morgan fingerprint density at radius 1 is 0.893 bits per heavy atom. The molecule has 1 heterocycles. The van der Waals surface area contributed by atoms with Crippen molar-refractivity contribution in [2.45, 2.75) is 6.92 Å². The fourth-order valence-corrected chi connectivity index (χ4v) is 2.97. The molecule has 4 rings (SSSR count). The molecule has 5 heteroatoms. The van der Waals surface area contributed by atoms with Gasteiger partial charge in [0.25, 0.3) is 5.91 Å². The molecule has 0 saturated carbocycles. The Balaban J connectivity index is 1.80. The summed E-state index contributed by atoms with van der Waals surface area (Å²) < 4.78 is 19.7. The van der Waals surface area contributed by atoms with E-state index in [0.29, 0.717) is 22.1 Å². The molecule has 138 valence electrons. The largest absolute Gasteiger partial charge is 0.450 e. The van der Waals surface area contributed by atoms with Gasteiger partial charge in [0.1, 0.15) is 11.4 Å². The molecule has 0 aliphatic rings. The van der Waals surface area contributed by atoms with Crippen molar-refractivity contribution in [1.29, 1.82) is 0 Å². The topological polar surface area (TPSA) is 59.3 Å². The van der Waals surface area contributed by atoms with Gasteiger partial charge in [-0.25, -0.2) is 4.39 Å². The summed E-state index contributed by atoms with van der Waals surface area (Å²) in [5, 5.41) is 3.38. The molecule has 4 aromatic rings. The molecule has 0 atom stereocenters. The molecular formula is C23H16FNO3. The molecule has 0 saturated heterocycles. The number of hydrogen-bond acceptors (Lipinski definition) is 3. The highest BCUT2D eigenvalue weighted by Gasteiger charge is 2.24. The number of para-hydroxylation sites is 1. The van der Waals surface area contributed by atoms with E-state index in [1.54, 1.807) is 55.5 Å². The Morgan fingerprint density at radius 2 is 1.61 bits per heavy atom. The molecule has 0 bridgehead atoms. The fourth-order valence-electron chi connectivity index (χ4n) is 2.97. The normalized spacial score (nSPS) is 10.8. The number of fused-ring (bicyclic) bond motifs is 1. The number of anilines is 1. The first kappa shape index (κ1) is 17.7. The summed E-state index contributed by atoms with van der Waals surface area (Å²) in [6, 6.07) is 19.9. The van der Waals surface area contributed by atoms with Crippen LogP contribution in [-0.2, 0) is 0 Å². The SMILES string of the molecule is Cc1ccc(C(=O)c2oc3ccccc3c2NC(=O)c2ccccc2)cc1F. The molecule has 1 amide bonds. The number of amides is 1. The lowest BCUT2D eigenvalue weighted by molar-refractivity contribution is 0.101. The highest BCUT2D eigenvalue weighted by molar-refractivity contribution is 6.18. The highest BCUT2D eigenvalue weighted by Crippen LogP contribution is 2.33. The predicted octanol–water partition coefficient (Wildman–Crippen LogP) is 5.36. The molecule has 0 aliphatic heterocycles. The van der Waals surface area contributed by atoms with Crippen LogP contribution in [0.2, 0.25) is 0 Å². The quantitative estimate of drug-likeness (QED) is 0.490. The van der Waals surface area contributed by atoms with Gasteiger partial charge in [0.05, 0.1) is 5.69 Å². The molecule has 28 heavy (non-hydrogen) atoms. The minimum atomic E-state index is -0.501. The number of ketones is 1. The van der Waals surface area contributed by atoms with Crippen LogP contribution in [0.3, 0.4) is 0 Å². The van der Waals surface area contributed by atoms with Crippen LogP contribution >= 0.6 is 0 Å². The average molecular weight is 373 g/mol. The van der Waals surface area contributed by atoms with E-state index < -0.39 is 11.6 Å². The Kier molecular flexibility index (Phi) is 4.49. The lowest BCUT2D eigenvalue weighted by Crippen LogP contribution is -2.14. The third-order valence-corrected chi connectivity index (χ3v) is 4.51. The maximum Gasteiger partial charge on any atom is 0.255 e. The van der Waals surface area contributed by atoms with Crippen LogP contribution in [0.4, 0.5) is 10.1 Å². The van der Waals surface area contributed by atoms with Crippen molar-refractivity contribution in [3.05, 3.63) is 101 Å². The minimum Gasteiger partial charge on any atom is -0.450 e. The zero-order valence-corrected chi connectivity index (χ0v) is 15.0. The molecule has 0 aliphatic carbocycles. The second-order valence-electron chi connectivity index (χ2n) is 6.42. The summed E-state index contributed by atoms with van der Waals surface area (Å²) in [7, 11) is 0. The summed E-state index contributed by atoms with van der Waals surface area (Å²) in [5.74, 6) is -1.37. The summed E-state index contributed by atoms with van der Waals surface area (Å²) in [5.41, 5.74) is 1.78. The van der Waals surface area contributed by atoms with Gasteiger partial charge in [-0.3, -0.25) is 9.59 Å². The fraction of sp³-hybridized carbons (Fsp3) is 0.0435. The number of halogens is 1. The van der Waals surface area contributed by atoms with Gasteiger partial charge >= 0.3 is 0 Å². The van der Waals surface area contributed by atoms with Crippen LogP contribution in [0, 0.1) is 12.7 Å². The summed E-state index contributed by atoms with van der Waals surface area (Å²) in [4.78, 5) is 25.6. The molecule has 0 unspecified atom stereocenters. The Morgan fingerprint density at radius 3 is 2.36 bits per heavy atom. The first-order valence-corrected chi connectivity index (χ1v) is 8.73. The van der Waals surface area contributed by atoms with Gasteiger partial charge in [-0.1, -0.05) is 42.5 Å². The van der Waals surface area contributed by atoms with Crippen molar-refractivity contribution in [2.24, 2.45) is 0 Å². The lowest BCUT2D eigenvalue weighted by atomic mass is 10.0. The van der Waals surface area contributed by atoms with Crippen molar-refractivity contribution >= 4 is 28.3 Å². The molecule has 1 aromatic heterocycles. The summed E-state index contributed by atoms with van der Waals surface area (Å²) >= 11 is 0. The number of carbonyl (C=O) groups excluding carboxylic acids is 2. The third kappa shape index (κ3) is 3.18. The van der Waals surface area contributed by atoms with Gasteiger partial charge in [0, 0.05) is 16.5 Å². The number of hydrogen-bond donors (Lipinski definition) is 1. The Hall–Kier alpha value is -3.73. The van der Waals surface area contributed by atoms with E-state index in [1.807, 2.05) is 6.07 Å². The molecular weight excluding hydrogens is 357 g/mol. The zero-order chi connectivity index (χ0) is 19.7. The van der Waals surface area contributed by atoms with E-state index in [4.69, 9.17) is 4.42 Å². The van der Waals surface area contributed by atoms with Gasteiger partial charge in [-0.15, -0.1) is 0 Å². The van der Waals surface area contributed by atoms with Crippen molar-refractivity contribution in [3.8, 4) is 0 Å². The van der Waals surface area contributed by atoms with Crippen molar-refractivity contribution in [1.82, 2.24) is 0 Å². The molecule has 0 spiro atoms. The van der Waals surface area contributed by atoms with Crippen LogP contribution in [0.25, 0.3) is 11.0 Å². The van der Waals surface area contributed by atoms with Crippen LogP contribution < -0.4 is 5.32 Å². The number of aryl methyl sites for hydroxylation is 1. The summed E-state index contributed by atoms with van der Waals surface area (Å²) in [6.45, 7) is 1.62. The van der Waals surface area contributed by atoms with Crippen LogP contribution in [0.1, 0.15) is 32.0 Å². The number of nitrogens with one attached hydrogen (secondary N) is 1. The van der Waals surface area contributed by atoms with E-state index in [1.165, 1.54) is 18.2 Å². The van der Waals surface area contributed by atoms with E-state index in [-0.39, 0.29) is 22.9 Å². The first-order valence-electron chi connectivity index (χ1n) is 8.73. The second-order valence-corrected chi connectivity index (χ2v) is 6.42. The van der Waals surface area contributed by atoms with Crippen molar-refractivity contribution < 1.29 is 18.4 Å². The number of benzene rings is 3. The van der Waals surface area contributed by atoms with Crippen LogP contribution in [0.5, 0.6) is 0 Å². The van der Waals surface area contributed by atoms with Crippen LogP contribution in [-0.4, -0.2) is 11.7 Å². The second kappa shape index (κ2) is 7.12. The number of rotatable bonds is 4. The standard InChI is InChI=1S/C23H16FNO3/c1-14-11-12-16(13-18(14)24)21(26)22-20(17-9-5-6-10-19(17)28-22)25-23(27)15-7-3-2-4-8-15/h2-13H,1H3,(H,25,27). The summed E-state index contributed by atoms with van der Waals surface area (Å²) in [6.07, 6.45) is 0. The Bertz CT molecular complexity index is 1200. The van der Waals surface area contributed by atoms with E-state index in [9.17, 15) is 14.0 Å². The highest BCUT2D eigenvalue weighted by atomic mass is 19.1. The van der Waals surface area contributed by atoms with Crippen molar-refractivity contribution in [3.63, 3.8) is 0 Å². The van der Waals surface area contributed by atoms with E-state index in [2.05, 4.69) is 5.32 Å². The average Bonchev–Trinajstić information content (AvgIpc) is 3.08. The van der Waals surface area contributed by atoms with E-state index in [0.717, 1.165) is 0 Å². The van der Waals surface area contributed by atoms with Gasteiger partial charge in [-0.2, -0.15) is 0 Å². The lowest BCUT2D eigenvalue weighted by Gasteiger charge is -2.07. The number of carbonyl (C=O) groups is 2. The molecule has 0 radical (unpaired) electrons. The van der Waals surface area contributed by atoms with Gasteiger partial charge in [0.15, 0.2) is 5.76 Å². The van der Waals surface area contributed by atoms with E-state index >= 15 is 0 Å². The number of furan rings is 1. The molecule has 3 aromatic carbocycles. The van der Waals surface area contributed by atoms with Crippen LogP contribution in [0.15, 0.2) is 77.2 Å². The molecule has 0 fully saturated rings. The first-order chi connectivity index (χ1) is 13.5. The maximum atomic E-state index is 13.9.